The van der Waals surface area contributed by atoms with E-state index in [1.54, 1.807) is 24.3 Å². The normalized spacial score (nSPS) is 27.8. The van der Waals surface area contributed by atoms with Gasteiger partial charge in [-0.25, -0.2) is 0 Å². The average Bonchev–Trinajstić information content (AvgIpc) is 2.75. The summed E-state index contributed by atoms with van der Waals surface area (Å²) in [6, 6.07) is 6.79. The number of ether oxygens (including phenoxy) is 1. The van der Waals surface area contributed by atoms with Crippen LogP contribution in [0.1, 0.15) is 69.2 Å². The molecule has 4 bridgehead atoms. The van der Waals surface area contributed by atoms with Crippen molar-refractivity contribution < 1.29 is 19.1 Å². The van der Waals surface area contributed by atoms with Crippen molar-refractivity contribution in [2.75, 3.05) is 13.2 Å². The maximum atomic E-state index is 12.9. The maximum Gasteiger partial charge on any atom is 0.269 e. The van der Waals surface area contributed by atoms with Gasteiger partial charge in [-0.2, -0.15) is 0 Å². The summed E-state index contributed by atoms with van der Waals surface area (Å²) in [5.74, 6) is 2.45. The maximum absolute atomic E-state index is 12.9. The lowest BCUT2D eigenvalue weighted by Crippen LogP contribution is -2.55. The van der Waals surface area contributed by atoms with Crippen LogP contribution in [0.2, 0.25) is 0 Å². The van der Waals surface area contributed by atoms with Gasteiger partial charge >= 0.3 is 0 Å². The molecule has 4 saturated carbocycles. The Morgan fingerprint density at radius 2 is 1.56 bits per heavy atom. The molecule has 7 nitrogen and oxygen atoms in total. The van der Waals surface area contributed by atoms with Crippen molar-refractivity contribution in [3.05, 3.63) is 29.8 Å². The number of nitrogens with one attached hydrogen (secondary N) is 3. The molecule has 3 N–H and O–H groups in total. The lowest BCUT2D eigenvalue weighted by molar-refractivity contribution is -0.147. The summed E-state index contributed by atoms with van der Waals surface area (Å²) in [6.45, 7) is 4.77. The molecule has 0 radical (unpaired) electrons. The Morgan fingerprint density at radius 1 is 0.969 bits per heavy atom. The summed E-state index contributed by atoms with van der Waals surface area (Å²) in [7, 11) is 0. The Bertz CT molecular complexity index is 814. The average molecular weight is 442 g/mol. The smallest absolute Gasteiger partial charge is 0.269 e. The quantitative estimate of drug-likeness (QED) is 0.540. The standard InChI is InChI=1S/C25H35N3O4/c1-16(2)7-8-32-21-5-3-20(4-6-21)23(30)28-27-22(29)15-26-24(31)25-12-17-9-18(13-25)11-19(10-17)14-25/h3-6,16-19H,7-15H2,1-2H3,(H,26,31)(H,27,29)(H,28,30). The van der Waals surface area contributed by atoms with Crippen molar-refractivity contribution in [2.24, 2.45) is 29.1 Å². The molecule has 4 aliphatic carbocycles. The summed E-state index contributed by atoms with van der Waals surface area (Å²) in [6.07, 6.45) is 7.65. The van der Waals surface area contributed by atoms with Crippen molar-refractivity contribution in [3.8, 4) is 5.75 Å². The number of benzene rings is 1. The number of amides is 3. The van der Waals surface area contributed by atoms with Crippen LogP contribution in [0, 0.1) is 29.1 Å². The van der Waals surface area contributed by atoms with E-state index in [9.17, 15) is 14.4 Å². The summed E-state index contributed by atoms with van der Waals surface area (Å²) in [5.41, 5.74) is 4.93. The van der Waals surface area contributed by atoms with E-state index >= 15 is 0 Å². The molecule has 3 amide bonds. The highest BCUT2D eigenvalue weighted by Crippen LogP contribution is 2.60. The fraction of sp³-hybridized carbons (Fsp3) is 0.640. The van der Waals surface area contributed by atoms with E-state index in [1.807, 2.05) is 0 Å². The third kappa shape index (κ3) is 5.25. The molecule has 4 aliphatic rings. The molecule has 1 aromatic carbocycles. The Hall–Kier alpha value is -2.57. The first kappa shape index (κ1) is 22.6. The lowest BCUT2D eigenvalue weighted by atomic mass is 9.49. The largest absolute Gasteiger partial charge is 0.494 e. The van der Waals surface area contributed by atoms with E-state index in [2.05, 4.69) is 30.0 Å². The second-order valence-electron chi connectivity index (χ2n) is 10.4. The minimum absolute atomic E-state index is 0.00568. The van der Waals surface area contributed by atoms with E-state index in [-0.39, 0.29) is 17.9 Å². The van der Waals surface area contributed by atoms with Crippen LogP contribution in [-0.2, 0) is 9.59 Å². The predicted octanol–water partition coefficient (Wildman–Crippen LogP) is 3.21. The van der Waals surface area contributed by atoms with Gasteiger partial charge in [0.2, 0.25) is 5.91 Å². The van der Waals surface area contributed by atoms with Crippen molar-refractivity contribution in [1.82, 2.24) is 16.2 Å². The molecular formula is C25H35N3O4. The van der Waals surface area contributed by atoms with E-state index in [0.29, 0.717) is 41.6 Å². The third-order valence-corrected chi connectivity index (χ3v) is 7.33. The van der Waals surface area contributed by atoms with Gasteiger partial charge in [0.25, 0.3) is 11.8 Å². The second kappa shape index (κ2) is 9.51. The third-order valence-electron chi connectivity index (χ3n) is 7.33. The zero-order valence-corrected chi connectivity index (χ0v) is 19.1. The fourth-order valence-electron chi connectivity index (χ4n) is 6.09. The van der Waals surface area contributed by atoms with Gasteiger partial charge in [-0.15, -0.1) is 0 Å². The SMILES string of the molecule is CC(C)CCOc1ccc(C(=O)NNC(=O)CNC(=O)C23CC4CC(CC(C4)C2)C3)cc1. The summed E-state index contributed by atoms with van der Waals surface area (Å²) in [5, 5.41) is 2.82. The molecule has 4 fully saturated rings. The van der Waals surface area contributed by atoms with Crippen LogP contribution in [0.3, 0.4) is 0 Å². The molecule has 7 heteroatoms. The minimum Gasteiger partial charge on any atom is -0.494 e. The van der Waals surface area contributed by atoms with Crippen LogP contribution >= 0.6 is 0 Å². The highest BCUT2D eigenvalue weighted by Gasteiger charge is 2.54. The van der Waals surface area contributed by atoms with E-state index in [0.717, 1.165) is 25.7 Å². The fourth-order valence-corrected chi connectivity index (χ4v) is 6.09. The molecule has 0 saturated heterocycles. The van der Waals surface area contributed by atoms with Gasteiger partial charge < -0.3 is 10.1 Å². The molecule has 1 aromatic rings. The molecule has 0 spiro atoms. The van der Waals surface area contributed by atoms with Gasteiger partial charge in [0.15, 0.2) is 0 Å². The Morgan fingerprint density at radius 3 is 2.12 bits per heavy atom. The molecule has 0 atom stereocenters. The number of carbonyl (C=O) groups excluding carboxylic acids is 3. The zero-order valence-electron chi connectivity index (χ0n) is 19.1. The summed E-state index contributed by atoms with van der Waals surface area (Å²) >= 11 is 0. The lowest BCUT2D eigenvalue weighted by Gasteiger charge is -2.55. The highest BCUT2D eigenvalue weighted by molar-refractivity contribution is 5.96. The molecule has 0 heterocycles. The molecule has 0 aliphatic heterocycles. The monoisotopic (exact) mass is 441 g/mol. The molecule has 32 heavy (non-hydrogen) atoms. The number of hydrazine groups is 1. The number of hydrogen-bond acceptors (Lipinski definition) is 4. The second-order valence-corrected chi connectivity index (χ2v) is 10.4. The minimum atomic E-state index is -0.440. The Balaban J connectivity index is 1.19. The predicted molar refractivity (Wildman–Crippen MR) is 121 cm³/mol. The van der Waals surface area contributed by atoms with Crippen molar-refractivity contribution >= 4 is 17.7 Å². The molecule has 5 rings (SSSR count). The van der Waals surface area contributed by atoms with Gasteiger partial charge in [-0.05, 0) is 92.9 Å². The van der Waals surface area contributed by atoms with Crippen LogP contribution in [0.15, 0.2) is 24.3 Å². The first-order chi connectivity index (χ1) is 15.3. The van der Waals surface area contributed by atoms with Crippen LogP contribution in [0.5, 0.6) is 5.75 Å². The topological polar surface area (TPSA) is 96.5 Å². The molecule has 0 unspecified atom stereocenters. The van der Waals surface area contributed by atoms with Crippen molar-refractivity contribution in [2.45, 2.75) is 58.8 Å². The number of rotatable bonds is 8. The molecular weight excluding hydrogens is 406 g/mol. The van der Waals surface area contributed by atoms with E-state index in [4.69, 9.17) is 4.74 Å². The summed E-state index contributed by atoms with van der Waals surface area (Å²) in [4.78, 5) is 37.4. The van der Waals surface area contributed by atoms with Gasteiger partial charge in [0.05, 0.1) is 13.2 Å². The van der Waals surface area contributed by atoms with Crippen LogP contribution < -0.4 is 20.9 Å². The first-order valence-corrected chi connectivity index (χ1v) is 11.9. The number of carbonyl (C=O) groups is 3. The van der Waals surface area contributed by atoms with Gasteiger partial charge in [0, 0.05) is 11.0 Å². The Kier molecular flexibility index (Phi) is 6.72. The molecule has 0 aromatic heterocycles. The van der Waals surface area contributed by atoms with E-state index in [1.165, 1.54) is 19.3 Å². The zero-order chi connectivity index (χ0) is 22.7. The van der Waals surface area contributed by atoms with Gasteiger partial charge in [-0.3, -0.25) is 25.2 Å². The van der Waals surface area contributed by atoms with Crippen molar-refractivity contribution in [1.29, 1.82) is 0 Å². The number of hydrogen-bond donors (Lipinski definition) is 3. The van der Waals surface area contributed by atoms with Gasteiger partial charge in [0.1, 0.15) is 5.75 Å². The van der Waals surface area contributed by atoms with E-state index < -0.39 is 11.8 Å². The molecule has 174 valence electrons. The van der Waals surface area contributed by atoms with Crippen LogP contribution in [0.25, 0.3) is 0 Å². The summed E-state index contributed by atoms with van der Waals surface area (Å²) < 4.78 is 5.65. The first-order valence-electron chi connectivity index (χ1n) is 11.9. The highest BCUT2D eigenvalue weighted by atomic mass is 16.5. The Labute approximate surface area is 190 Å². The van der Waals surface area contributed by atoms with Crippen LogP contribution in [0.4, 0.5) is 0 Å². The van der Waals surface area contributed by atoms with Crippen molar-refractivity contribution in [3.63, 3.8) is 0 Å². The van der Waals surface area contributed by atoms with Gasteiger partial charge in [-0.1, -0.05) is 13.8 Å². The van der Waals surface area contributed by atoms with Crippen LogP contribution in [-0.4, -0.2) is 30.9 Å².